The Labute approximate surface area is 188 Å². The van der Waals surface area contributed by atoms with Gasteiger partial charge in [-0.2, -0.15) is 4.31 Å². The van der Waals surface area contributed by atoms with Crippen LogP contribution in [0.25, 0.3) is 0 Å². The van der Waals surface area contributed by atoms with Crippen LogP contribution in [0.3, 0.4) is 0 Å². The molecule has 168 valence electrons. The van der Waals surface area contributed by atoms with Gasteiger partial charge in [-0.15, -0.1) is 0 Å². The van der Waals surface area contributed by atoms with Crippen LogP contribution in [0, 0.1) is 13.8 Å². The number of anilines is 1. The third-order valence-corrected chi connectivity index (χ3v) is 8.82. The average molecular weight is 454 g/mol. The van der Waals surface area contributed by atoms with Crippen molar-refractivity contribution in [3.63, 3.8) is 0 Å². The molecule has 0 aliphatic carbocycles. The van der Waals surface area contributed by atoms with Crippen molar-refractivity contribution in [3.05, 3.63) is 58.1 Å². The van der Waals surface area contributed by atoms with Gasteiger partial charge < -0.3 is 9.80 Å². The van der Waals surface area contributed by atoms with Gasteiger partial charge in [-0.1, -0.05) is 6.07 Å². The molecule has 0 N–H and O–H groups in total. The van der Waals surface area contributed by atoms with Gasteiger partial charge in [0.1, 0.15) is 0 Å². The first-order valence-electron chi connectivity index (χ1n) is 11.1. The normalized spacial score (nSPS) is 18.8. The highest BCUT2D eigenvalue weighted by atomic mass is 32.2. The second kappa shape index (κ2) is 7.71. The number of carbonyl (C=O) groups is 2. The van der Waals surface area contributed by atoms with Gasteiger partial charge in [0, 0.05) is 44.7 Å². The lowest BCUT2D eigenvalue weighted by molar-refractivity contribution is -0.118. The number of piperazine rings is 1. The summed E-state index contributed by atoms with van der Waals surface area (Å²) in [6.45, 7) is 5.90. The number of amides is 2. The highest BCUT2D eigenvalue weighted by Crippen LogP contribution is 2.39. The van der Waals surface area contributed by atoms with E-state index in [2.05, 4.69) is 0 Å². The maximum atomic E-state index is 13.4. The van der Waals surface area contributed by atoms with Crippen LogP contribution in [0.5, 0.6) is 0 Å². The lowest BCUT2D eigenvalue weighted by atomic mass is 10.00. The van der Waals surface area contributed by atoms with Crippen molar-refractivity contribution in [2.24, 2.45) is 0 Å². The molecule has 5 rings (SSSR count). The van der Waals surface area contributed by atoms with Gasteiger partial charge in [0.2, 0.25) is 15.9 Å². The van der Waals surface area contributed by atoms with Crippen molar-refractivity contribution >= 4 is 27.5 Å². The lowest BCUT2D eigenvalue weighted by Gasteiger charge is -2.34. The first kappa shape index (κ1) is 21.2. The van der Waals surface area contributed by atoms with Crippen LogP contribution in [-0.2, 0) is 27.7 Å². The van der Waals surface area contributed by atoms with E-state index >= 15 is 0 Å². The Hall–Kier alpha value is -2.71. The first-order chi connectivity index (χ1) is 15.3. The molecule has 3 heterocycles. The SMILES string of the molecule is Cc1ccc(C(=O)N2CCN(S(=O)(=O)c3cc4c5c(c3)CCN5C(=O)CC4)CC2)cc1C. The van der Waals surface area contributed by atoms with Gasteiger partial charge in [-0.3, -0.25) is 9.59 Å². The topological polar surface area (TPSA) is 78.0 Å². The molecule has 2 amide bonds. The fourth-order valence-corrected chi connectivity index (χ4v) is 6.44. The predicted octanol–water partition coefficient (Wildman–Crippen LogP) is 2.29. The average Bonchev–Trinajstić information content (AvgIpc) is 3.23. The molecule has 0 saturated carbocycles. The molecular formula is C24H27N3O4S. The van der Waals surface area contributed by atoms with E-state index in [0.29, 0.717) is 49.4 Å². The van der Waals surface area contributed by atoms with Crippen molar-refractivity contribution in [1.29, 1.82) is 0 Å². The Morgan fingerprint density at radius 3 is 2.22 bits per heavy atom. The molecule has 3 aliphatic heterocycles. The fourth-order valence-electron chi connectivity index (χ4n) is 4.91. The minimum absolute atomic E-state index is 0.0585. The summed E-state index contributed by atoms with van der Waals surface area (Å²) < 4.78 is 28.3. The van der Waals surface area contributed by atoms with E-state index in [0.717, 1.165) is 27.9 Å². The smallest absolute Gasteiger partial charge is 0.253 e. The molecule has 32 heavy (non-hydrogen) atoms. The largest absolute Gasteiger partial charge is 0.336 e. The minimum Gasteiger partial charge on any atom is -0.336 e. The highest BCUT2D eigenvalue weighted by Gasteiger charge is 2.35. The number of hydrogen-bond donors (Lipinski definition) is 0. The van der Waals surface area contributed by atoms with E-state index in [4.69, 9.17) is 0 Å². The molecule has 2 aromatic carbocycles. The summed E-state index contributed by atoms with van der Waals surface area (Å²) in [4.78, 5) is 28.9. The Morgan fingerprint density at radius 1 is 0.844 bits per heavy atom. The fraction of sp³-hybridized carbons (Fsp3) is 0.417. The summed E-state index contributed by atoms with van der Waals surface area (Å²) in [6, 6.07) is 9.14. The van der Waals surface area contributed by atoms with Crippen LogP contribution in [0.4, 0.5) is 5.69 Å². The third-order valence-electron chi connectivity index (χ3n) is 6.94. The van der Waals surface area contributed by atoms with Crippen LogP contribution in [0.2, 0.25) is 0 Å². The molecule has 1 saturated heterocycles. The Bertz CT molecular complexity index is 1230. The minimum atomic E-state index is -3.66. The standard InChI is InChI=1S/C24H27N3O4S/c1-16-3-4-20(13-17(16)2)24(29)25-9-11-26(12-10-25)32(30,31)21-14-18-5-6-22(28)27-8-7-19(15-21)23(18)27/h3-4,13-15H,5-12H2,1-2H3. The number of carbonyl (C=O) groups excluding carboxylic acids is 2. The Kier molecular flexibility index (Phi) is 5.09. The van der Waals surface area contributed by atoms with Crippen LogP contribution < -0.4 is 4.90 Å². The number of aryl methyl sites for hydroxylation is 3. The number of benzene rings is 2. The van der Waals surface area contributed by atoms with E-state index < -0.39 is 10.0 Å². The van der Waals surface area contributed by atoms with Crippen LogP contribution in [0.15, 0.2) is 35.2 Å². The molecule has 0 atom stereocenters. The maximum absolute atomic E-state index is 13.4. The number of hydrogen-bond acceptors (Lipinski definition) is 4. The van der Waals surface area contributed by atoms with Gasteiger partial charge in [0.25, 0.3) is 5.91 Å². The molecule has 0 spiro atoms. The molecule has 0 bridgehead atoms. The van der Waals surface area contributed by atoms with E-state index in [1.807, 2.05) is 32.0 Å². The Balaban J connectivity index is 1.33. The van der Waals surface area contributed by atoms with Crippen molar-refractivity contribution in [2.75, 3.05) is 37.6 Å². The molecule has 2 aromatic rings. The summed E-state index contributed by atoms with van der Waals surface area (Å²) in [7, 11) is -3.66. The number of nitrogens with zero attached hydrogens (tertiary/aromatic N) is 3. The predicted molar refractivity (Wildman–Crippen MR) is 121 cm³/mol. The molecule has 0 radical (unpaired) electrons. The summed E-state index contributed by atoms with van der Waals surface area (Å²) in [5, 5.41) is 0. The molecule has 8 heteroatoms. The van der Waals surface area contributed by atoms with Crippen molar-refractivity contribution in [1.82, 2.24) is 9.21 Å². The number of sulfonamides is 1. The molecule has 3 aliphatic rings. The van der Waals surface area contributed by atoms with Gasteiger partial charge in [0.05, 0.1) is 10.6 Å². The van der Waals surface area contributed by atoms with E-state index in [9.17, 15) is 18.0 Å². The zero-order valence-corrected chi connectivity index (χ0v) is 19.2. The van der Waals surface area contributed by atoms with Gasteiger partial charge in [0.15, 0.2) is 0 Å². The van der Waals surface area contributed by atoms with Crippen LogP contribution in [-0.4, -0.2) is 62.2 Å². The van der Waals surface area contributed by atoms with Crippen molar-refractivity contribution in [3.8, 4) is 0 Å². The quantitative estimate of drug-likeness (QED) is 0.715. The van der Waals surface area contributed by atoms with Gasteiger partial charge in [-0.05, 0) is 73.2 Å². The maximum Gasteiger partial charge on any atom is 0.253 e. The molecule has 1 fully saturated rings. The molecule has 0 unspecified atom stereocenters. The summed E-state index contributed by atoms with van der Waals surface area (Å²) in [6.07, 6.45) is 1.70. The van der Waals surface area contributed by atoms with Crippen molar-refractivity contribution in [2.45, 2.75) is 38.0 Å². The van der Waals surface area contributed by atoms with E-state index in [1.165, 1.54) is 4.31 Å². The molecular weight excluding hydrogens is 426 g/mol. The highest BCUT2D eigenvalue weighted by molar-refractivity contribution is 7.89. The summed E-state index contributed by atoms with van der Waals surface area (Å²) in [5.41, 5.74) is 5.65. The summed E-state index contributed by atoms with van der Waals surface area (Å²) >= 11 is 0. The van der Waals surface area contributed by atoms with Crippen LogP contribution in [0.1, 0.15) is 39.0 Å². The van der Waals surface area contributed by atoms with Gasteiger partial charge in [-0.25, -0.2) is 8.42 Å². The first-order valence-corrected chi connectivity index (χ1v) is 12.5. The lowest BCUT2D eigenvalue weighted by Crippen LogP contribution is -2.50. The zero-order valence-electron chi connectivity index (χ0n) is 18.4. The van der Waals surface area contributed by atoms with Crippen molar-refractivity contribution < 1.29 is 18.0 Å². The van der Waals surface area contributed by atoms with Crippen LogP contribution >= 0.6 is 0 Å². The monoisotopic (exact) mass is 453 g/mol. The zero-order chi connectivity index (χ0) is 22.6. The third kappa shape index (κ3) is 3.42. The van der Waals surface area contributed by atoms with E-state index in [-0.39, 0.29) is 24.9 Å². The Morgan fingerprint density at radius 2 is 1.53 bits per heavy atom. The molecule has 0 aromatic heterocycles. The van der Waals surface area contributed by atoms with E-state index in [1.54, 1.807) is 21.9 Å². The second-order valence-corrected chi connectivity index (χ2v) is 10.8. The van der Waals surface area contributed by atoms with Gasteiger partial charge >= 0.3 is 0 Å². The summed E-state index contributed by atoms with van der Waals surface area (Å²) in [5.74, 6) is 0.0632. The molecule has 7 nitrogen and oxygen atoms in total. The number of rotatable bonds is 3. The second-order valence-electron chi connectivity index (χ2n) is 8.88.